The van der Waals surface area contributed by atoms with Gasteiger partial charge in [-0.3, -0.25) is 0 Å². The third kappa shape index (κ3) is 3.92. The van der Waals surface area contributed by atoms with Gasteiger partial charge in [-0.05, 0) is 29.3 Å². The average molecular weight is 426 g/mol. The van der Waals surface area contributed by atoms with Crippen molar-refractivity contribution in [3.8, 4) is 11.5 Å². The van der Waals surface area contributed by atoms with E-state index in [0.29, 0.717) is 23.1 Å². The Kier molecular flexibility index (Phi) is 5.41. The molecule has 0 amide bonds. The predicted octanol–water partition coefficient (Wildman–Crippen LogP) is 5.84. The van der Waals surface area contributed by atoms with Crippen LogP contribution in [0.15, 0.2) is 60.8 Å². The topological polar surface area (TPSA) is 67.3 Å². The van der Waals surface area contributed by atoms with Crippen molar-refractivity contribution in [2.24, 2.45) is 0 Å². The Morgan fingerprint density at radius 2 is 1.93 bits per heavy atom. The van der Waals surface area contributed by atoms with Crippen molar-refractivity contribution in [3.63, 3.8) is 0 Å². The Bertz CT molecular complexity index is 1160. The zero-order chi connectivity index (χ0) is 19.1. The first-order valence-electron chi connectivity index (χ1n) is 8.88. The fourth-order valence-electron chi connectivity index (χ4n) is 3.50. The molecule has 5 nitrogen and oxygen atoms in total. The molecule has 4 aromatic rings. The Morgan fingerprint density at radius 3 is 2.79 bits per heavy atom. The number of hydrogen-bond acceptors (Lipinski definition) is 6. The number of aliphatic hydroxyl groups excluding tert-OH is 1. The summed E-state index contributed by atoms with van der Waals surface area (Å²) in [5, 5.41) is 15.0. The second kappa shape index (κ2) is 7.99. The van der Waals surface area contributed by atoms with Crippen LogP contribution in [0.4, 0.5) is 5.13 Å². The molecule has 2 aromatic carbocycles. The van der Waals surface area contributed by atoms with Gasteiger partial charge in [0.15, 0.2) is 5.13 Å². The lowest BCUT2D eigenvalue weighted by Crippen LogP contribution is -2.20. The van der Waals surface area contributed by atoms with Crippen LogP contribution in [0.3, 0.4) is 0 Å². The Hall–Kier alpha value is -2.67. The van der Waals surface area contributed by atoms with Crippen molar-refractivity contribution < 1.29 is 9.84 Å². The number of halogens is 1. The van der Waals surface area contributed by atoms with Crippen LogP contribution in [-0.2, 0) is 6.42 Å². The van der Waals surface area contributed by atoms with Crippen molar-refractivity contribution in [1.29, 1.82) is 0 Å². The van der Waals surface area contributed by atoms with Crippen molar-refractivity contribution in [2.45, 2.75) is 26.0 Å². The normalized spacial score (nSPS) is 17.6. The third-order valence-electron chi connectivity index (χ3n) is 4.78. The van der Waals surface area contributed by atoms with Crippen LogP contribution in [0.1, 0.15) is 24.6 Å². The zero-order valence-corrected chi connectivity index (χ0v) is 16.2. The molecule has 0 unspecified atom stereocenters. The number of nitrogens with one attached hydrogen (secondary N) is 1. The lowest BCUT2D eigenvalue weighted by atomic mass is 10.1. The smallest absolute Gasteiger partial charge is 0.184 e. The third-order valence-corrected chi connectivity index (χ3v) is 5.93. The second-order valence-corrected chi connectivity index (χ2v) is 8.08. The van der Waals surface area contributed by atoms with E-state index >= 15 is 0 Å². The standard InChI is InChI=1S/C21H16ClN3O2S.CH4/c22-19-11-14(7-8-23-19)27-13-5-6-16-18(10-13)28-21(24-16)25-20-15-4-2-1-3-12(15)9-17(20)26;/h1-8,10-11,17,20,26H,9H2,(H,24,25);1H4/t17-,20+;/m0./s1. The summed E-state index contributed by atoms with van der Waals surface area (Å²) in [4.78, 5) is 8.61. The Balaban J connectivity index is 0.00000205. The maximum Gasteiger partial charge on any atom is 0.184 e. The predicted molar refractivity (Wildman–Crippen MR) is 118 cm³/mol. The lowest BCUT2D eigenvalue weighted by Gasteiger charge is -2.16. The lowest BCUT2D eigenvalue weighted by molar-refractivity contribution is 0.166. The van der Waals surface area contributed by atoms with Crippen molar-refractivity contribution in [1.82, 2.24) is 9.97 Å². The minimum atomic E-state index is -0.459. The van der Waals surface area contributed by atoms with E-state index in [9.17, 15) is 5.11 Å². The summed E-state index contributed by atoms with van der Waals surface area (Å²) in [6.45, 7) is 0. The molecule has 7 heteroatoms. The molecule has 0 saturated heterocycles. The number of anilines is 1. The summed E-state index contributed by atoms with van der Waals surface area (Å²) >= 11 is 7.45. The number of aromatic nitrogens is 2. The summed E-state index contributed by atoms with van der Waals surface area (Å²) in [7, 11) is 0. The molecule has 0 saturated carbocycles. The van der Waals surface area contributed by atoms with Crippen LogP contribution in [-0.4, -0.2) is 21.2 Å². The largest absolute Gasteiger partial charge is 0.457 e. The first kappa shape index (κ1) is 19.6. The highest BCUT2D eigenvalue weighted by molar-refractivity contribution is 7.22. The summed E-state index contributed by atoms with van der Waals surface area (Å²) in [6, 6.07) is 17.2. The minimum absolute atomic E-state index is 0. The monoisotopic (exact) mass is 425 g/mol. The molecule has 0 fully saturated rings. The van der Waals surface area contributed by atoms with Crippen LogP contribution in [0, 0.1) is 0 Å². The first-order chi connectivity index (χ1) is 13.7. The van der Waals surface area contributed by atoms with Gasteiger partial charge in [0, 0.05) is 24.8 Å². The summed E-state index contributed by atoms with van der Waals surface area (Å²) < 4.78 is 6.87. The molecule has 0 spiro atoms. The van der Waals surface area contributed by atoms with Gasteiger partial charge in [0.25, 0.3) is 0 Å². The number of benzene rings is 2. The molecule has 148 valence electrons. The number of aliphatic hydroxyl groups is 1. The van der Waals surface area contributed by atoms with Gasteiger partial charge in [0.05, 0.1) is 22.4 Å². The molecule has 2 heterocycles. The second-order valence-electron chi connectivity index (χ2n) is 6.66. The van der Waals surface area contributed by atoms with Gasteiger partial charge in [-0.25, -0.2) is 9.97 Å². The van der Waals surface area contributed by atoms with Crippen molar-refractivity contribution in [3.05, 3.63) is 77.1 Å². The molecule has 1 aliphatic rings. The van der Waals surface area contributed by atoms with Gasteiger partial charge in [-0.15, -0.1) is 0 Å². The fourth-order valence-corrected chi connectivity index (χ4v) is 4.59. The van der Waals surface area contributed by atoms with Gasteiger partial charge >= 0.3 is 0 Å². The van der Waals surface area contributed by atoms with Gasteiger partial charge in [-0.2, -0.15) is 0 Å². The maximum absolute atomic E-state index is 10.5. The van der Waals surface area contributed by atoms with Gasteiger partial charge in [-0.1, -0.05) is 54.6 Å². The number of ether oxygens (including phenoxy) is 1. The average Bonchev–Trinajstić information content (AvgIpc) is 3.22. The molecule has 0 bridgehead atoms. The van der Waals surface area contributed by atoms with E-state index in [-0.39, 0.29) is 13.5 Å². The number of thiazole rings is 1. The Labute approximate surface area is 178 Å². The Morgan fingerprint density at radius 1 is 1.10 bits per heavy atom. The molecule has 29 heavy (non-hydrogen) atoms. The molecule has 5 rings (SSSR count). The van der Waals surface area contributed by atoms with Crippen molar-refractivity contribution >= 4 is 38.3 Å². The molecule has 0 radical (unpaired) electrons. The van der Waals surface area contributed by atoms with Crippen LogP contribution in [0.25, 0.3) is 10.2 Å². The summed E-state index contributed by atoms with van der Waals surface area (Å²) in [6.07, 6.45) is 1.81. The number of nitrogens with zero attached hydrogens (tertiary/aromatic N) is 2. The minimum Gasteiger partial charge on any atom is -0.457 e. The number of pyridine rings is 1. The van der Waals surface area contributed by atoms with Gasteiger partial charge in [0.2, 0.25) is 0 Å². The number of fused-ring (bicyclic) bond motifs is 2. The summed E-state index contributed by atoms with van der Waals surface area (Å²) in [5.74, 6) is 1.34. The molecular weight excluding hydrogens is 406 g/mol. The fraction of sp³-hybridized carbons (Fsp3) is 0.182. The molecule has 0 aliphatic heterocycles. The summed E-state index contributed by atoms with van der Waals surface area (Å²) in [5.41, 5.74) is 3.20. The van der Waals surface area contributed by atoms with Crippen LogP contribution in [0.2, 0.25) is 5.15 Å². The van der Waals surface area contributed by atoms with E-state index in [2.05, 4.69) is 27.4 Å². The molecule has 2 atom stereocenters. The highest BCUT2D eigenvalue weighted by atomic mass is 35.5. The van der Waals surface area contributed by atoms with E-state index in [1.807, 2.05) is 30.3 Å². The van der Waals surface area contributed by atoms with Gasteiger partial charge < -0.3 is 15.2 Å². The van der Waals surface area contributed by atoms with Gasteiger partial charge in [0.1, 0.15) is 16.7 Å². The molecule has 1 aliphatic carbocycles. The molecular formula is C22H20ClN3O2S. The number of rotatable bonds is 4. The molecule has 2 N–H and O–H groups in total. The zero-order valence-electron chi connectivity index (χ0n) is 14.7. The quantitative estimate of drug-likeness (QED) is 0.402. The molecule has 2 aromatic heterocycles. The van der Waals surface area contributed by atoms with Crippen LogP contribution >= 0.6 is 22.9 Å². The SMILES string of the molecule is C.O[C@H]1Cc2ccccc2[C@H]1Nc1nc2ccc(Oc3ccnc(Cl)c3)cc2s1. The maximum atomic E-state index is 10.5. The van der Waals surface area contributed by atoms with Crippen molar-refractivity contribution in [2.75, 3.05) is 5.32 Å². The van der Waals surface area contributed by atoms with Crippen LogP contribution < -0.4 is 10.1 Å². The number of hydrogen-bond donors (Lipinski definition) is 2. The first-order valence-corrected chi connectivity index (χ1v) is 10.1. The van der Waals surface area contributed by atoms with E-state index < -0.39 is 6.10 Å². The van der Waals surface area contributed by atoms with E-state index in [4.69, 9.17) is 16.3 Å². The highest BCUT2D eigenvalue weighted by Gasteiger charge is 2.31. The highest BCUT2D eigenvalue weighted by Crippen LogP contribution is 2.37. The van der Waals surface area contributed by atoms with E-state index in [0.717, 1.165) is 20.9 Å². The van der Waals surface area contributed by atoms with E-state index in [1.54, 1.807) is 18.3 Å². The van der Waals surface area contributed by atoms with E-state index in [1.165, 1.54) is 16.9 Å². The van der Waals surface area contributed by atoms with Crippen LogP contribution in [0.5, 0.6) is 11.5 Å².